The minimum absolute atomic E-state index is 0.748. The van der Waals surface area contributed by atoms with E-state index in [1.54, 1.807) is 6.20 Å². The van der Waals surface area contributed by atoms with E-state index in [-0.39, 0.29) is 0 Å². The van der Waals surface area contributed by atoms with Crippen molar-refractivity contribution in [1.82, 2.24) is 9.88 Å². The Balaban J connectivity index is 1.74. The summed E-state index contributed by atoms with van der Waals surface area (Å²) in [6.45, 7) is 5.95. The van der Waals surface area contributed by atoms with Crippen molar-refractivity contribution in [3.05, 3.63) is 24.0 Å². The fourth-order valence-electron chi connectivity index (χ4n) is 2.47. The molecule has 1 aliphatic rings. The molecule has 0 unspecified atom stereocenters. The van der Waals surface area contributed by atoms with E-state index in [4.69, 9.17) is 5.73 Å². The van der Waals surface area contributed by atoms with Gasteiger partial charge in [0.25, 0.3) is 0 Å². The Labute approximate surface area is 104 Å². The molecule has 2 heterocycles. The third kappa shape index (κ3) is 3.70. The lowest BCUT2D eigenvalue weighted by molar-refractivity contribution is 0.183. The van der Waals surface area contributed by atoms with Crippen LogP contribution < -0.4 is 5.73 Å². The van der Waals surface area contributed by atoms with Crippen molar-refractivity contribution >= 4 is 5.69 Å². The Morgan fingerprint density at radius 1 is 1.35 bits per heavy atom. The molecule has 0 amide bonds. The molecule has 0 saturated carbocycles. The molecule has 1 fully saturated rings. The van der Waals surface area contributed by atoms with Gasteiger partial charge in [-0.2, -0.15) is 0 Å². The molecule has 1 aromatic heterocycles. The summed E-state index contributed by atoms with van der Waals surface area (Å²) in [5.74, 6) is 0.959. The van der Waals surface area contributed by atoms with Crippen molar-refractivity contribution in [3.63, 3.8) is 0 Å². The van der Waals surface area contributed by atoms with Crippen molar-refractivity contribution in [2.75, 3.05) is 25.4 Å². The molecule has 0 bridgehead atoms. The molecule has 2 rings (SSSR count). The predicted octanol–water partition coefficient (Wildman–Crippen LogP) is 2.33. The number of pyridine rings is 1. The van der Waals surface area contributed by atoms with Crippen LogP contribution in [-0.4, -0.2) is 29.5 Å². The van der Waals surface area contributed by atoms with Gasteiger partial charge in [-0.3, -0.25) is 4.98 Å². The van der Waals surface area contributed by atoms with Crippen LogP contribution in [0.25, 0.3) is 0 Å². The number of anilines is 1. The molecule has 94 valence electrons. The standard InChI is InChI=1S/C14H23N3/c1-2-12-5-8-17(9-6-12)10-7-14-4-3-13(15)11-16-14/h3-4,11-12H,2,5-10,15H2,1H3. The smallest absolute Gasteiger partial charge is 0.0501 e. The van der Waals surface area contributed by atoms with Crippen molar-refractivity contribution < 1.29 is 0 Å². The number of hydrogen-bond acceptors (Lipinski definition) is 3. The Morgan fingerprint density at radius 2 is 2.12 bits per heavy atom. The summed E-state index contributed by atoms with van der Waals surface area (Å²) in [7, 11) is 0. The molecule has 17 heavy (non-hydrogen) atoms. The summed E-state index contributed by atoms with van der Waals surface area (Å²) in [4.78, 5) is 6.90. The molecule has 0 aliphatic carbocycles. The minimum Gasteiger partial charge on any atom is -0.397 e. The second kappa shape index (κ2) is 6.01. The zero-order valence-corrected chi connectivity index (χ0v) is 10.7. The first-order chi connectivity index (χ1) is 8.28. The van der Waals surface area contributed by atoms with Crippen LogP contribution in [0.1, 0.15) is 31.9 Å². The van der Waals surface area contributed by atoms with E-state index in [1.165, 1.54) is 32.4 Å². The molecular formula is C14H23N3. The Hall–Kier alpha value is -1.09. The van der Waals surface area contributed by atoms with E-state index in [1.807, 2.05) is 12.1 Å². The number of nitrogens with zero attached hydrogens (tertiary/aromatic N) is 2. The summed E-state index contributed by atoms with van der Waals surface area (Å²) in [6.07, 6.45) is 6.86. The molecule has 3 heteroatoms. The second-order valence-electron chi connectivity index (χ2n) is 5.03. The fourth-order valence-corrected chi connectivity index (χ4v) is 2.47. The summed E-state index contributed by atoms with van der Waals surface area (Å²) >= 11 is 0. The molecule has 1 aliphatic heterocycles. The van der Waals surface area contributed by atoms with E-state index in [0.29, 0.717) is 0 Å². The molecule has 1 aromatic rings. The Kier molecular flexibility index (Phi) is 4.37. The van der Waals surface area contributed by atoms with Crippen LogP contribution in [0.2, 0.25) is 0 Å². The highest BCUT2D eigenvalue weighted by Gasteiger charge is 2.17. The van der Waals surface area contributed by atoms with Crippen LogP contribution >= 0.6 is 0 Å². The van der Waals surface area contributed by atoms with E-state index in [0.717, 1.165) is 30.3 Å². The van der Waals surface area contributed by atoms with Crippen LogP contribution in [0, 0.1) is 5.92 Å². The molecule has 0 radical (unpaired) electrons. The van der Waals surface area contributed by atoms with E-state index < -0.39 is 0 Å². The Bertz CT molecular complexity index is 326. The number of nitrogens with two attached hydrogens (primary N) is 1. The number of piperidine rings is 1. The summed E-state index contributed by atoms with van der Waals surface area (Å²) in [6, 6.07) is 3.97. The van der Waals surface area contributed by atoms with Gasteiger partial charge in [0.2, 0.25) is 0 Å². The zero-order valence-electron chi connectivity index (χ0n) is 10.7. The first-order valence-corrected chi connectivity index (χ1v) is 6.70. The lowest BCUT2D eigenvalue weighted by atomic mass is 9.94. The van der Waals surface area contributed by atoms with E-state index in [2.05, 4.69) is 16.8 Å². The van der Waals surface area contributed by atoms with Gasteiger partial charge in [0.1, 0.15) is 0 Å². The minimum atomic E-state index is 0.748. The van der Waals surface area contributed by atoms with Crippen LogP contribution in [-0.2, 0) is 6.42 Å². The summed E-state index contributed by atoms with van der Waals surface area (Å²) in [5.41, 5.74) is 7.52. The van der Waals surface area contributed by atoms with Gasteiger partial charge in [0, 0.05) is 18.7 Å². The highest BCUT2D eigenvalue weighted by atomic mass is 15.1. The average Bonchev–Trinajstić information content (AvgIpc) is 2.39. The lowest BCUT2D eigenvalue weighted by Crippen LogP contribution is -2.35. The molecule has 2 N–H and O–H groups in total. The summed E-state index contributed by atoms with van der Waals surface area (Å²) in [5, 5.41) is 0. The normalized spacial score (nSPS) is 18.4. The maximum absolute atomic E-state index is 5.62. The number of hydrogen-bond donors (Lipinski definition) is 1. The van der Waals surface area contributed by atoms with Gasteiger partial charge < -0.3 is 10.6 Å². The van der Waals surface area contributed by atoms with Gasteiger partial charge in [0.15, 0.2) is 0 Å². The maximum atomic E-state index is 5.62. The number of aromatic nitrogens is 1. The third-order valence-corrected chi connectivity index (χ3v) is 3.82. The van der Waals surface area contributed by atoms with Crippen molar-refractivity contribution in [2.24, 2.45) is 5.92 Å². The highest BCUT2D eigenvalue weighted by Crippen LogP contribution is 2.19. The van der Waals surface area contributed by atoms with Gasteiger partial charge >= 0.3 is 0 Å². The lowest BCUT2D eigenvalue weighted by Gasteiger charge is -2.31. The quantitative estimate of drug-likeness (QED) is 0.868. The first-order valence-electron chi connectivity index (χ1n) is 6.70. The summed E-state index contributed by atoms with van der Waals surface area (Å²) < 4.78 is 0. The number of nitrogen functional groups attached to an aromatic ring is 1. The molecular weight excluding hydrogens is 210 g/mol. The van der Waals surface area contributed by atoms with Gasteiger partial charge in [-0.15, -0.1) is 0 Å². The van der Waals surface area contributed by atoms with Crippen molar-refractivity contribution in [1.29, 1.82) is 0 Å². The fraction of sp³-hybridized carbons (Fsp3) is 0.643. The SMILES string of the molecule is CCC1CCN(CCc2ccc(N)cn2)CC1. The van der Waals surface area contributed by atoms with Crippen LogP contribution in [0.15, 0.2) is 18.3 Å². The second-order valence-corrected chi connectivity index (χ2v) is 5.03. The van der Waals surface area contributed by atoms with Gasteiger partial charge in [0.05, 0.1) is 11.9 Å². The van der Waals surface area contributed by atoms with Gasteiger partial charge in [-0.1, -0.05) is 13.3 Å². The van der Waals surface area contributed by atoms with Gasteiger partial charge in [-0.05, 0) is 44.0 Å². The molecule has 1 saturated heterocycles. The first kappa shape index (κ1) is 12.4. The topological polar surface area (TPSA) is 42.1 Å². The number of rotatable bonds is 4. The van der Waals surface area contributed by atoms with Crippen molar-refractivity contribution in [2.45, 2.75) is 32.6 Å². The largest absolute Gasteiger partial charge is 0.397 e. The maximum Gasteiger partial charge on any atom is 0.0501 e. The monoisotopic (exact) mass is 233 g/mol. The van der Waals surface area contributed by atoms with Gasteiger partial charge in [-0.25, -0.2) is 0 Å². The average molecular weight is 233 g/mol. The number of likely N-dealkylation sites (tertiary alicyclic amines) is 1. The van der Waals surface area contributed by atoms with Crippen molar-refractivity contribution in [3.8, 4) is 0 Å². The molecule has 0 spiro atoms. The highest BCUT2D eigenvalue weighted by molar-refractivity contribution is 5.34. The Morgan fingerprint density at radius 3 is 2.71 bits per heavy atom. The van der Waals surface area contributed by atoms with E-state index in [9.17, 15) is 0 Å². The molecule has 0 aromatic carbocycles. The van der Waals surface area contributed by atoms with Crippen LogP contribution in [0.3, 0.4) is 0 Å². The van der Waals surface area contributed by atoms with Crippen LogP contribution in [0.4, 0.5) is 5.69 Å². The third-order valence-electron chi connectivity index (χ3n) is 3.82. The molecule has 3 nitrogen and oxygen atoms in total. The van der Waals surface area contributed by atoms with Crippen LogP contribution in [0.5, 0.6) is 0 Å². The predicted molar refractivity (Wildman–Crippen MR) is 71.8 cm³/mol. The molecule has 0 atom stereocenters. The zero-order chi connectivity index (χ0) is 12.1. The van der Waals surface area contributed by atoms with E-state index >= 15 is 0 Å².